The highest BCUT2D eigenvalue weighted by Crippen LogP contribution is 2.26. The molecule has 0 atom stereocenters. The minimum atomic E-state index is 0. The van der Waals surface area contributed by atoms with Crippen LogP contribution in [0.15, 0.2) is 27.7 Å². The van der Waals surface area contributed by atoms with Crippen molar-refractivity contribution in [3.8, 4) is 0 Å². The SMILES string of the molecule is CC(N)=Nc1ccc(Cl)c(Br)c1.Cl. The number of nitrogens with two attached hydrogens (primary N) is 1. The van der Waals surface area contributed by atoms with Gasteiger partial charge < -0.3 is 5.73 Å². The molecule has 0 radical (unpaired) electrons. The first-order chi connectivity index (χ1) is 5.59. The number of hydrogen-bond donors (Lipinski definition) is 1. The van der Waals surface area contributed by atoms with Crippen LogP contribution in [0.2, 0.25) is 5.02 Å². The van der Waals surface area contributed by atoms with E-state index in [-0.39, 0.29) is 12.4 Å². The molecule has 5 heteroatoms. The zero-order valence-electron chi connectivity index (χ0n) is 6.92. The van der Waals surface area contributed by atoms with Gasteiger partial charge in [0.2, 0.25) is 0 Å². The minimum absolute atomic E-state index is 0. The van der Waals surface area contributed by atoms with Gasteiger partial charge in [-0.15, -0.1) is 12.4 Å². The molecule has 0 bridgehead atoms. The molecule has 0 saturated heterocycles. The van der Waals surface area contributed by atoms with Gasteiger partial charge >= 0.3 is 0 Å². The van der Waals surface area contributed by atoms with Crippen LogP contribution in [0.5, 0.6) is 0 Å². The van der Waals surface area contributed by atoms with E-state index in [0.717, 1.165) is 10.2 Å². The average Bonchev–Trinajstić information content (AvgIpc) is 1.96. The van der Waals surface area contributed by atoms with Crippen LogP contribution in [0, 0.1) is 0 Å². The van der Waals surface area contributed by atoms with Gasteiger partial charge in [0.05, 0.1) is 16.5 Å². The second-order valence-electron chi connectivity index (χ2n) is 2.35. The maximum atomic E-state index is 5.79. The fourth-order valence-electron chi connectivity index (χ4n) is 0.758. The topological polar surface area (TPSA) is 38.4 Å². The lowest BCUT2D eigenvalue weighted by molar-refractivity contribution is 1.44. The summed E-state index contributed by atoms with van der Waals surface area (Å²) in [6.45, 7) is 1.74. The molecule has 0 aliphatic rings. The van der Waals surface area contributed by atoms with Crippen molar-refractivity contribution >= 4 is 51.5 Å². The molecular weight excluding hydrogens is 275 g/mol. The summed E-state index contributed by atoms with van der Waals surface area (Å²) < 4.78 is 0.826. The molecule has 13 heavy (non-hydrogen) atoms. The number of rotatable bonds is 1. The van der Waals surface area contributed by atoms with Crippen LogP contribution < -0.4 is 5.73 Å². The molecule has 0 aliphatic heterocycles. The van der Waals surface area contributed by atoms with Gasteiger partial charge in [0.1, 0.15) is 0 Å². The normalized spacial score (nSPS) is 10.8. The van der Waals surface area contributed by atoms with Gasteiger partial charge in [-0.25, -0.2) is 4.99 Å². The molecule has 0 fully saturated rings. The van der Waals surface area contributed by atoms with Gasteiger partial charge in [0, 0.05) is 4.47 Å². The van der Waals surface area contributed by atoms with Crippen LogP contribution in [-0.4, -0.2) is 5.84 Å². The first-order valence-corrected chi connectivity index (χ1v) is 4.52. The van der Waals surface area contributed by atoms with Crippen LogP contribution in [-0.2, 0) is 0 Å². The number of amidine groups is 1. The molecular formula is C8H9BrCl2N2. The van der Waals surface area contributed by atoms with Crippen molar-refractivity contribution in [2.75, 3.05) is 0 Å². The van der Waals surface area contributed by atoms with Crippen molar-refractivity contribution < 1.29 is 0 Å². The van der Waals surface area contributed by atoms with E-state index in [2.05, 4.69) is 20.9 Å². The Morgan fingerprint density at radius 2 is 2.15 bits per heavy atom. The van der Waals surface area contributed by atoms with E-state index in [1.807, 2.05) is 12.1 Å². The largest absolute Gasteiger partial charge is 0.387 e. The molecule has 0 unspecified atom stereocenters. The van der Waals surface area contributed by atoms with E-state index < -0.39 is 0 Å². The Bertz CT molecular complexity index is 322. The zero-order chi connectivity index (χ0) is 9.14. The Labute approximate surface area is 96.7 Å². The summed E-state index contributed by atoms with van der Waals surface area (Å²) in [4.78, 5) is 4.07. The lowest BCUT2D eigenvalue weighted by Crippen LogP contribution is -2.03. The van der Waals surface area contributed by atoms with Gasteiger partial charge in [-0.05, 0) is 41.1 Å². The molecule has 72 valence electrons. The van der Waals surface area contributed by atoms with Gasteiger partial charge in [-0.2, -0.15) is 0 Å². The average molecular weight is 284 g/mol. The van der Waals surface area contributed by atoms with Crippen molar-refractivity contribution in [3.05, 3.63) is 27.7 Å². The number of aliphatic imine (C=N–C) groups is 1. The van der Waals surface area contributed by atoms with Gasteiger partial charge in [-0.3, -0.25) is 0 Å². The Morgan fingerprint density at radius 1 is 1.54 bits per heavy atom. The van der Waals surface area contributed by atoms with Crippen molar-refractivity contribution in [2.24, 2.45) is 10.7 Å². The first kappa shape index (κ1) is 12.8. The molecule has 0 aliphatic carbocycles. The molecule has 0 heterocycles. The summed E-state index contributed by atoms with van der Waals surface area (Å²) >= 11 is 9.08. The Hall–Kier alpha value is -0.250. The van der Waals surface area contributed by atoms with Crippen LogP contribution in [0.3, 0.4) is 0 Å². The predicted molar refractivity (Wildman–Crippen MR) is 63.4 cm³/mol. The van der Waals surface area contributed by atoms with E-state index in [9.17, 15) is 0 Å². The second kappa shape index (κ2) is 5.47. The maximum Gasteiger partial charge on any atom is 0.0964 e. The van der Waals surface area contributed by atoms with Gasteiger partial charge in [-0.1, -0.05) is 11.6 Å². The maximum absolute atomic E-state index is 5.79. The van der Waals surface area contributed by atoms with Crippen molar-refractivity contribution in [3.63, 3.8) is 0 Å². The third-order valence-corrected chi connectivity index (χ3v) is 2.42. The summed E-state index contributed by atoms with van der Waals surface area (Å²) in [6, 6.07) is 5.40. The van der Waals surface area contributed by atoms with Crippen molar-refractivity contribution in [2.45, 2.75) is 6.92 Å². The number of hydrogen-bond acceptors (Lipinski definition) is 1. The molecule has 1 rings (SSSR count). The molecule has 0 amide bonds. The molecule has 2 nitrogen and oxygen atoms in total. The number of halogens is 3. The highest BCUT2D eigenvalue weighted by Gasteiger charge is 1.96. The Balaban J connectivity index is 0.00000144. The Kier molecular flexibility index (Phi) is 5.37. The number of benzene rings is 1. The predicted octanol–water partition coefficient (Wildman–Crippen LogP) is 3.53. The van der Waals surface area contributed by atoms with Gasteiger partial charge in [0.15, 0.2) is 0 Å². The minimum Gasteiger partial charge on any atom is -0.387 e. The van der Waals surface area contributed by atoms with Crippen LogP contribution in [0.25, 0.3) is 0 Å². The van der Waals surface area contributed by atoms with Crippen molar-refractivity contribution in [1.29, 1.82) is 0 Å². The quantitative estimate of drug-likeness (QED) is 0.621. The molecule has 0 saturated carbocycles. The fourth-order valence-corrected chi connectivity index (χ4v) is 1.24. The summed E-state index contributed by atoms with van der Waals surface area (Å²) in [5.41, 5.74) is 6.21. The van der Waals surface area contributed by atoms with E-state index in [4.69, 9.17) is 17.3 Å². The smallest absolute Gasteiger partial charge is 0.0964 e. The highest BCUT2D eigenvalue weighted by molar-refractivity contribution is 9.10. The monoisotopic (exact) mass is 282 g/mol. The molecule has 0 aromatic heterocycles. The van der Waals surface area contributed by atoms with E-state index in [0.29, 0.717) is 10.9 Å². The summed E-state index contributed by atoms with van der Waals surface area (Å²) in [5.74, 6) is 0.532. The molecule has 2 N–H and O–H groups in total. The molecule has 1 aromatic rings. The van der Waals surface area contributed by atoms with Crippen LogP contribution in [0.4, 0.5) is 5.69 Å². The first-order valence-electron chi connectivity index (χ1n) is 3.35. The highest BCUT2D eigenvalue weighted by atomic mass is 79.9. The lowest BCUT2D eigenvalue weighted by atomic mass is 10.3. The van der Waals surface area contributed by atoms with Gasteiger partial charge in [0.25, 0.3) is 0 Å². The summed E-state index contributed by atoms with van der Waals surface area (Å²) in [6.07, 6.45) is 0. The number of nitrogens with zero attached hydrogens (tertiary/aromatic N) is 1. The third-order valence-electron chi connectivity index (χ3n) is 1.21. The van der Waals surface area contributed by atoms with Crippen LogP contribution >= 0.6 is 39.9 Å². The third kappa shape index (κ3) is 3.98. The van der Waals surface area contributed by atoms with E-state index >= 15 is 0 Å². The molecule has 0 spiro atoms. The van der Waals surface area contributed by atoms with Crippen LogP contribution in [0.1, 0.15) is 6.92 Å². The lowest BCUT2D eigenvalue weighted by Gasteiger charge is -1.97. The standard InChI is InChI=1S/C8H8BrClN2.ClH/c1-5(11)12-6-2-3-8(10)7(9)4-6;/h2-4H,1H3,(H2,11,12);1H. The Morgan fingerprint density at radius 3 is 2.62 bits per heavy atom. The van der Waals surface area contributed by atoms with E-state index in [1.54, 1.807) is 13.0 Å². The van der Waals surface area contributed by atoms with E-state index in [1.165, 1.54) is 0 Å². The van der Waals surface area contributed by atoms with Crippen molar-refractivity contribution in [1.82, 2.24) is 0 Å². The second-order valence-corrected chi connectivity index (χ2v) is 3.61. The fraction of sp³-hybridized carbons (Fsp3) is 0.125. The summed E-state index contributed by atoms with van der Waals surface area (Å²) in [5, 5.41) is 0.670. The molecule has 1 aromatic carbocycles. The zero-order valence-corrected chi connectivity index (χ0v) is 10.1. The summed E-state index contributed by atoms with van der Waals surface area (Å²) in [7, 11) is 0.